The quantitative estimate of drug-likeness (QED) is 0.773. The van der Waals surface area contributed by atoms with E-state index in [-0.39, 0.29) is 6.10 Å². The van der Waals surface area contributed by atoms with Gasteiger partial charge in [-0.1, -0.05) is 13.3 Å². The van der Waals surface area contributed by atoms with Crippen LogP contribution in [-0.2, 0) is 0 Å². The molecule has 0 bridgehead atoms. The third-order valence-corrected chi connectivity index (χ3v) is 2.05. The van der Waals surface area contributed by atoms with E-state index in [1.165, 1.54) is 0 Å². The van der Waals surface area contributed by atoms with E-state index in [2.05, 4.69) is 11.9 Å². The maximum Gasteiger partial charge on any atom is 0.0791 e. The molecule has 0 radical (unpaired) electrons. The predicted molar refractivity (Wildman–Crippen MR) is 53.6 cm³/mol. The first-order chi connectivity index (χ1) is 6.13. The molecule has 0 aliphatic rings. The van der Waals surface area contributed by atoms with Gasteiger partial charge in [0.05, 0.1) is 6.10 Å². The van der Waals surface area contributed by atoms with E-state index in [4.69, 9.17) is 0 Å². The number of rotatable bonds is 3. The van der Waals surface area contributed by atoms with Gasteiger partial charge in [-0.2, -0.15) is 0 Å². The second kappa shape index (κ2) is 4.38. The Morgan fingerprint density at radius 1 is 1.31 bits per heavy atom. The molecule has 2 nitrogen and oxygen atoms in total. The summed E-state index contributed by atoms with van der Waals surface area (Å²) in [5, 5.41) is 9.74. The number of hydrogen-bond acceptors (Lipinski definition) is 2. The zero-order valence-electron chi connectivity index (χ0n) is 8.54. The highest BCUT2D eigenvalue weighted by Gasteiger charge is 2.07. The Labute approximate surface area is 79.6 Å². The van der Waals surface area contributed by atoms with E-state index in [1.54, 1.807) is 0 Å². The largest absolute Gasteiger partial charge is 0.388 e. The highest BCUT2D eigenvalue weighted by atomic mass is 16.3. The standard InChI is InChI=1S/C11H17NO/c1-4-5-11(13)10-6-8(2)12-9(3)7-10/h6-7,11,13H,4-5H2,1-3H3/t11-/m1/s1. The number of pyridine rings is 1. The molecule has 0 spiro atoms. The Hall–Kier alpha value is -0.890. The number of aliphatic hydroxyl groups is 1. The van der Waals surface area contributed by atoms with E-state index in [1.807, 2.05) is 26.0 Å². The average molecular weight is 179 g/mol. The summed E-state index contributed by atoms with van der Waals surface area (Å²) in [6.45, 7) is 5.98. The second-order valence-corrected chi connectivity index (χ2v) is 3.49. The molecule has 72 valence electrons. The SMILES string of the molecule is CCC[C@@H](O)c1cc(C)nc(C)c1. The highest BCUT2D eigenvalue weighted by Crippen LogP contribution is 2.19. The van der Waals surface area contributed by atoms with Gasteiger partial charge in [-0.25, -0.2) is 0 Å². The summed E-state index contributed by atoms with van der Waals surface area (Å²) in [4.78, 5) is 4.27. The van der Waals surface area contributed by atoms with Crippen LogP contribution in [0.1, 0.15) is 42.8 Å². The van der Waals surface area contributed by atoms with E-state index in [9.17, 15) is 5.11 Å². The Kier molecular flexibility index (Phi) is 3.43. The van der Waals surface area contributed by atoms with Gasteiger partial charge < -0.3 is 5.11 Å². The van der Waals surface area contributed by atoms with Gasteiger partial charge in [-0.15, -0.1) is 0 Å². The molecule has 1 atom stereocenters. The summed E-state index contributed by atoms with van der Waals surface area (Å²) in [5.74, 6) is 0. The molecular formula is C11H17NO. The van der Waals surface area contributed by atoms with Gasteiger partial charge in [-0.3, -0.25) is 4.98 Å². The molecule has 1 aromatic heterocycles. The monoisotopic (exact) mass is 179 g/mol. The third kappa shape index (κ3) is 2.81. The minimum Gasteiger partial charge on any atom is -0.388 e. The number of nitrogens with zero attached hydrogens (tertiary/aromatic N) is 1. The van der Waals surface area contributed by atoms with Crippen LogP contribution in [0.4, 0.5) is 0 Å². The molecule has 0 saturated heterocycles. The molecule has 0 unspecified atom stereocenters. The minimum atomic E-state index is -0.328. The lowest BCUT2D eigenvalue weighted by Gasteiger charge is -2.10. The van der Waals surface area contributed by atoms with Gasteiger partial charge in [0.2, 0.25) is 0 Å². The van der Waals surface area contributed by atoms with Crippen molar-refractivity contribution in [3.05, 3.63) is 29.1 Å². The van der Waals surface area contributed by atoms with Crippen LogP contribution < -0.4 is 0 Å². The average Bonchev–Trinajstić information content (AvgIpc) is 2.03. The molecule has 1 aromatic rings. The van der Waals surface area contributed by atoms with Crippen molar-refractivity contribution >= 4 is 0 Å². The van der Waals surface area contributed by atoms with Gasteiger partial charge in [0.15, 0.2) is 0 Å². The van der Waals surface area contributed by atoms with E-state index in [0.717, 1.165) is 29.8 Å². The third-order valence-electron chi connectivity index (χ3n) is 2.05. The van der Waals surface area contributed by atoms with Crippen molar-refractivity contribution in [2.45, 2.75) is 39.7 Å². The normalized spacial score (nSPS) is 12.9. The summed E-state index contributed by atoms with van der Waals surface area (Å²) < 4.78 is 0. The lowest BCUT2D eigenvalue weighted by molar-refractivity contribution is 0.166. The fourth-order valence-corrected chi connectivity index (χ4v) is 1.50. The molecule has 0 amide bonds. The van der Waals surface area contributed by atoms with Crippen LogP contribution in [0.2, 0.25) is 0 Å². The zero-order chi connectivity index (χ0) is 9.84. The fourth-order valence-electron chi connectivity index (χ4n) is 1.50. The first-order valence-electron chi connectivity index (χ1n) is 4.76. The second-order valence-electron chi connectivity index (χ2n) is 3.49. The van der Waals surface area contributed by atoms with Gasteiger partial charge in [0.25, 0.3) is 0 Å². The highest BCUT2D eigenvalue weighted by molar-refractivity contribution is 5.22. The van der Waals surface area contributed by atoms with Crippen LogP contribution in [0, 0.1) is 13.8 Å². The van der Waals surface area contributed by atoms with Crippen LogP contribution in [0.25, 0.3) is 0 Å². The summed E-state index contributed by atoms with van der Waals surface area (Å²) in [7, 11) is 0. The molecule has 0 fully saturated rings. The molecular weight excluding hydrogens is 162 g/mol. The van der Waals surface area contributed by atoms with Crippen molar-refractivity contribution in [2.75, 3.05) is 0 Å². The lowest BCUT2D eigenvalue weighted by atomic mass is 10.0. The first kappa shape index (κ1) is 10.2. The van der Waals surface area contributed by atoms with Crippen molar-refractivity contribution in [3.8, 4) is 0 Å². The van der Waals surface area contributed by atoms with Crippen molar-refractivity contribution in [1.29, 1.82) is 0 Å². The molecule has 2 heteroatoms. The van der Waals surface area contributed by atoms with Crippen LogP contribution in [-0.4, -0.2) is 10.1 Å². The molecule has 0 aliphatic heterocycles. The van der Waals surface area contributed by atoms with Gasteiger partial charge in [0, 0.05) is 11.4 Å². The maximum absolute atomic E-state index is 9.74. The lowest BCUT2D eigenvalue weighted by Crippen LogP contribution is -1.99. The van der Waals surface area contributed by atoms with Gasteiger partial charge >= 0.3 is 0 Å². The zero-order valence-corrected chi connectivity index (χ0v) is 8.54. The molecule has 1 N–H and O–H groups in total. The minimum absolute atomic E-state index is 0.328. The van der Waals surface area contributed by atoms with E-state index in [0.29, 0.717) is 0 Å². The van der Waals surface area contributed by atoms with Crippen LogP contribution in [0.3, 0.4) is 0 Å². The number of aliphatic hydroxyl groups excluding tert-OH is 1. The molecule has 0 aliphatic carbocycles. The molecule has 1 rings (SSSR count). The Bertz CT molecular complexity index is 263. The van der Waals surface area contributed by atoms with Crippen molar-refractivity contribution in [2.24, 2.45) is 0 Å². The molecule has 0 saturated carbocycles. The van der Waals surface area contributed by atoms with Gasteiger partial charge in [0.1, 0.15) is 0 Å². The maximum atomic E-state index is 9.74. The number of aromatic nitrogens is 1. The smallest absolute Gasteiger partial charge is 0.0791 e. The molecule has 0 aromatic carbocycles. The molecule has 1 heterocycles. The fraction of sp³-hybridized carbons (Fsp3) is 0.545. The van der Waals surface area contributed by atoms with E-state index >= 15 is 0 Å². The topological polar surface area (TPSA) is 33.1 Å². The summed E-state index contributed by atoms with van der Waals surface area (Å²) >= 11 is 0. The van der Waals surface area contributed by atoms with E-state index < -0.39 is 0 Å². The summed E-state index contributed by atoms with van der Waals surface area (Å²) in [6.07, 6.45) is 1.50. The van der Waals surface area contributed by atoms with Crippen molar-refractivity contribution in [3.63, 3.8) is 0 Å². The first-order valence-corrected chi connectivity index (χ1v) is 4.76. The van der Waals surface area contributed by atoms with Gasteiger partial charge in [-0.05, 0) is 38.0 Å². The number of hydrogen-bond donors (Lipinski definition) is 1. The molecule has 13 heavy (non-hydrogen) atoms. The Morgan fingerprint density at radius 2 is 1.85 bits per heavy atom. The van der Waals surface area contributed by atoms with Crippen LogP contribution >= 0.6 is 0 Å². The predicted octanol–water partition coefficient (Wildman–Crippen LogP) is 2.53. The van der Waals surface area contributed by atoms with Crippen LogP contribution in [0.5, 0.6) is 0 Å². The number of aryl methyl sites for hydroxylation is 2. The summed E-state index contributed by atoms with van der Waals surface area (Å²) in [6, 6.07) is 3.90. The van der Waals surface area contributed by atoms with Crippen molar-refractivity contribution in [1.82, 2.24) is 4.98 Å². The Morgan fingerprint density at radius 3 is 2.31 bits per heavy atom. The summed E-state index contributed by atoms with van der Waals surface area (Å²) in [5.41, 5.74) is 2.95. The Balaban J connectivity index is 2.87. The van der Waals surface area contributed by atoms with Crippen molar-refractivity contribution < 1.29 is 5.11 Å². The van der Waals surface area contributed by atoms with Crippen LogP contribution in [0.15, 0.2) is 12.1 Å².